The Labute approximate surface area is 108 Å². The highest BCUT2D eigenvalue weighted by Crippen LogP contribution is 2.33. The number of ether oxygens (including phenoxy) is 1. The van der Waals surface area contributed by atoms with E-state index in [1.54, 1.807) is 17.2 Å². The van der Waals surface area contributed by atoms with E-state index in [4.69, 9.17) is 4.84 Å². The van der Waals surface area contributed by atoms with Gasteiger partial charge in [-0.05, 0) is 37.1 Å². The lowest BCUT2D eigenvalue weighted by atomic mass is 9.98. The summed E-state index contributed by atoms with van der Waals surface area (Å²) in [6.07, 6.45) is 1.46. The molecule has 3 aliphatic rings. The zero-order valence-electron chi connectivity index (χ0n) is 9.93. The van der Waals surface area contributed by atoms with Crippen LogP contribution in [0.15, 0.2) is 36.4 Å². The molecular weight excluding hydrogens is 259 g/mol. The third kappa shape index (κ3) is 2.68. The van der Waals surface area contributed by atoms with Crippen LogP contribution in [0.25, 0.3) is 0 Å². The number of rotatable bonds is 2. The first-order valence-corrected chi connectivity index (χ1v) is 6.01. The molecule has 4 rings (SSSR count). The second-order valence-electron chi connectivity index (χ2n) is 4.54. The van der Waals surface area contributed by atoms with Gasteiger partial charge in [-0.25, -0.2) is 5.06 Å². The maximum atomic E-state index is 12.1. The molecule has 2 aliphatic heterocycles. The highest BCUT2D eigenvalue weighted by Gasteiger charge is 2.32. The molecule has 19 heavy (non-hydrogen) atoms. The minimum Gasteiger partial charge on any atom is -0.406 e. The van der Waals surface area contributed by atoms with Gasteiger partial charge in [0, 0.05) is 0 Å². The number of alkyl halides is 3. The molecule has 0 amide bonds. The van der Waals surface area contributed by atoms with E-state index in [9.17, 15) is 13.2 Å². The van der Waals surface area contributed by atoms with Crippen LogP contribution in [0.2, 0.25) is 0 Å². The van der Waals surface area contributed by atoms with Crippen LogP contribution in [0.3, 0.4) is 0 Å². The molecule has 2 heterocycles. The smallest absolute Gasteiger partial charge is 0.406 e. The highest BCUT2D eigenvalue weighted by atomic mass is 19.4. The van der Waals surface area contributed by atoms with Gasteiger partial charge in [0.1, 0.15) is 11.9 Å². The Morgan fingerprint density at radius 1 is 1.11 bits per heavy atom. The van der Waals surface area contributed by atoms with Crippen molar-refractivity contribution in [1.82, 2.24) is 0 Å². The van der Waals surface area contributed by atoms with E-state index >= 15 is 0 Å². The largest absolute Gasteiger partial charge is 0.573 e. The summed E-state index contributed by atoms with van der Waals surface area (Å²) in [7, 11) is 0. The van der Waals surface area contributed by atoms with Gasteiger partial charge in [-0.15, -0.1) is 13.2 Å². The van der Waals surface area contributed by atoms with Gasteiger partial charge in [0.2, 0.25) is 0 Å². The normalized spacial score (nSPS) is 25.7. The van der Waals surface area contributed by atoms with Crippen molar-refractivity contribution in [2.24, 2.45) is 0 Å². The molecule has 102 valence electrons. The Morgan fingerprint density at radius 2 is 1.84 bits per heavy atom. The van der Waals surface area contributed by atoms with E-state index in [0.717, 1.165) is 18.5 Å². The maximum Gasteiger partial charge on any atom is 0.573 e. The number of hydroxylamine groups is 1. The fraction of sp³-hybridized carbons (Fsp3) is 0.385. The first-order chi connectivity index (χ1) is 9.01. The molecule has 1 aliphatic carbocycles. The predicted molar refractivity (Wildman–Crippen MR) is 62.6 cm³/mol. The summed E-state index contributed by atoms with van der Waals surface area (Å²) in [4.78, 5) is 5.70. The average Bonchev–Trinajstić information content (AvgIpc) is 2.39. The van der Waals surface area contributed by atoms with Gasteiger partial charge < -0.3 is 4.74 Å². The molecule has 1 aromatic rings. The lowest BCUT2D eigenvalue weighted by Crippen LogP contribution is -2.45. The van der Waals surface area contributed by atoms with E-state index in [2.05, 4.69) is 10.8 Å². The molecular formula is C13H12F3NO2. The van der Waals surface area contributed by atoms with Crippen molar-refractivity contribution in [3.63, 3.8) is 0 Å². The Hall–Kier alpha value is -1.69. The fourth-order valence-corrected chi connectivity index (χ4v) is 2.33. The van der Waals surface area contributed by atoms with E-state index in [1.807, 2.05) is 6.08 Å². The van der Waals surface area contributed by atoms with Crippen LogP contribution in [0.5, 0.6) is 5.75 Å². The standard InChI is InChI=1S/C13H12F3NO2/c14-13(15,16)18-11-5-1-9(2-6-11)17-10-3-7-12(19-17)8-4-10/h1-3,5-7,10,12H,4,8H2/t10-,12+/m0/s1. The monoisotopic (exact) mass is 271 g/mol. The molecule has 6 heteroatoms. The zero-order chi connectivity index (χ0) is 13.5. The molecule has 2 atom stereocenters. The Balaban J connectivity index is 1.74. The SMILES string of the molecule is FC(F)(F)Oc1ccc(N2O[C@@H]3C=C[C@H]2CC3)cc1. The van der Waals surface area contributed by atoms with Crippen LogP contribution < -0.4 is 9.80 Å². The molecule has 0 N–H and O–H groups in total. The second-order valence-corrected chi connectivity index (χ2v) is 4.54. The Bertz CT molecular complexity index is 484. The molecule has 2 bridgehead atoms. The lowest BCUT2D eigenvalue weighted by Gasteiger charge is -2.41. The summed E-state index contributed by atoms with van der Waals surface area (Å²) in [5.74, 6) is -0.228. The zero-order valence-corrected chi connectivity index (χ0v) is 9.93. The molecule has 1 saturated heterocycles. The molecule has 0 radical (unpaired) electrons. The van der Waals surface area contributed by atoms with E-state index in [-0.39, 0.29) is 17.9 Å². The van der Waals surface area contributed by atoms with Gasteiger partial charge in [-0.1, -0.05) is 12.2 Å². The van der Waals surface area contributed by atoms with Crippen LogP contribution in [0, 0.1) is 0 Å². The number of anilines is 1. The summed E-state index contributed by atoms with van der Waals surface area (Å²) in [6, 6.07) is 5.86. The number of fused-ring (bicyclic) bond motifs is 2. The summed E-state index contributed by atoms with van der Waals surface area (Å²) in [5, 5.41) is 1.74. The topological polar surface area (TPSA) is 21.7 Å². The van der Waals surface area contributed by atoms with Crippen LogP contribution in [-0.2, 0) is 4.84 Å². The van der Waals surface area contributed by atoms with Crippen molar-refractivity contribution in [2.75, 3.05) is 5.06 Å². The van der Waals surface area contributed by atoms with Gasteiger partial charge in [-0.2, -0.15) is 0 Å². The fourth-order valence-electron chi connectivity index (χ4n) is 2.33. The molecule has 0 spiro atoms. The van der Waals surface area contributed by atoms with Crippen molar-refractivity contribution < 1.29 is 22.7 Å². The summed E-state index contributed by atoms with van der Waals surface area (Å²) in [6.45, 7) is 0. The number of halogens is 3. The first-order valence-electron chi connectivity index (χ1n) is 6.01. The number of hydrogen-bond acceptors (Lipinski definition) is 3. The molecule has 3 nitrogen and oxygen atoms in total. The van der Waals surface area contributed by atoms with E-state index in [0.29, 0.717) is 0 Å². The molecule has 1 aromatic carbocycles. The summed E-state index contributed by atoms with van der Waals surface area (Å²) >= 11 is 0. The van der Waals surface area contributed by atoms with E-state index < -0.39 is 6.36 Å². The Kier molecular flexibility index (Phi) is 2.89. The summed E-state index contributed by atoms with van der Waals surface area (Å²) in [5.41, 5.74) is 0.730. The lowest BCUT2D eigenvalue weighted by molar-refractivity contribution is -0.274. The third-order valence-electron chi connectivity index (χ3n) is 3.17. The van der Waals surface area contributed by atoms with Crippen molar-refractivity contribution in [3.05, 3.63) is 36.4 Å². The van der Waals surface area contributed by atoms with Crippen LogP contribution >= 0.6 is 0 Å². The molecule has 0 unspecified atom stereocenters. The van der Waals surface area contributed by atoms with Gasteiger partial charge in [-0.3, -0.25) is 4.84 Å². The minimum atomic E-state index is -4.66. The number of nitrogens with zero attached hydrogens (tertiary/aromatic N) is 1. The molecule has 0 saturated carbocycles. The predicted octanol–water partition coefficient (Wildman–Crippen LogP) is 3.42. The first kappa shape index (κ1) is 12.3. The highest BCUT2D eigenvalue weighted by molar-refractivity contribution is 5.49. The van der Waals surface area contributed by atoms with Crippen molar-refractivity contribution in [2.45, 2.75) is 31.3 Å². The van der Waals surface area contributed by atoms with Gasteiger partial charge >= 0.3 is 6.36 Å². The number of hydrogen-bond donors (Lipinski definition) is 0. The van der Waals surface area contributed by atoms with Crippen LogP contribution in [-0.4, -0.2) is 18.5 Å². The van der Waals surface area contributed by atoms with Gasteiger partial charge in [0.15, 0.2) is 0 Å². The van der Waals surface area contributed by atoms with Crippen LogP contribution in [0.4, 0.5) is 18.9 Å². The molecule has 1 fully saturated rings. The van der Waals surface area contributed by atoms with Crippen molar-refractivity contribution in [3.8, 4) is 5.75 Å². The minimum absolute atomic E-state index is 0.0658. The summed E-state index contributed by atoms with van der Waals surface area (Å²) < 4.78 is 40.0. The number of benzene rings is 1. The van der Waals surface area contributed by atoms with Gasteiger partial charge in [0.25, 0.3) is 0 Å². The van der Waals surface area contributed by atoms with Gasteiger partial charge in [0.05, 0.1) is 11.7 Å². The maximum absolute atomic E-state index is 12.1. The Morgan fingerprint density at radius 3 is 2.32 bits per heavy atom. The van der Waals surface area contributed by atoms with Crippen molar-refractivity contribution >= 4 is 5.69 Å². The second kappa shape index (κ2) is 4.45. The van der Waals surface area contributed by atoms with Crippen LogP contribution in [0.1, 0.15) is 12.8 Å². The molecule has 0 aromatic heterocycles. The van der Waals surface area contributed by atoms with Crippen molar-refractivity contribution in [1.29, 1.82) is 0 Å². The third-order valence-corrected chi connectivity index (χ3v) is 3.17. The van der Waals surface area contributed by atoms with E-state index in [1.165, 1.54) is 12.1 Å². The quantitative estimate of drug-likeness (QED) is 0.769. The average molecular weight is 271 g/mol.